The molecular formula is C43H41Cl2N17O19S5. The fraction of sp³-hybridized carbons (Fsp3) is 0.209. The van der Waals surface area contributed by atoms with Gasteiger partial charge < -0.3 is 36.8 Å². The van der Waals surface area contributed by atoms with Crippen LogP contribution in [0.4, 0.5) is 57.9 Å². The molecule has 1 amide bonds. The Hall–Kier alpha value is -7.69. The van der Waals surface area contributed by atoms with Crippen LogP contribution in [0, 0.1) is 6.92 Å². The van der Waals surface area contributed by atoms with Crippen molar-refractivity contribution in [3.8, 4) is 11.6 Å². The van der Waals surface area contributed by atoms with E-state index in [-0.39, 0.29) is 115 Å². The van der Waals surface area contributed by atoms with Crippen LogP contribution in [0.15, 0.2) is 104 Å². The molecule has 1 aliphatic rings. The molecule has 8 rings (SSSR count). The Morgan fingerprint density at radius 1 is 0.721 bits per heavy atom. The predicted molar refractivity (Wildman–Crippen MR) is 302 cm³/mol. The molecule has 0 aliphatic carbocycles. The molecule has 7 aromatic rings. The number of benzene rings is 4. The first-order valence-corrected chi connectivity index (χ1v) is 30.3. The summed E-state index contributed by atoms with van der Waals surface area (Å²) in [7, 11) is -14.9. The van der Waals surface area contributed by atoms with Crippen LogP contribution in [0.5, 0.6) is 11.6 Å². The van der Waals surface area contributed by atoms with Crippen molar-refractivity contribution in [1.29, 1.82) is 0 Å². The SMILES string of the molecule is CCn1c(O)c(C(N)=O)c(C)c(N=Nc2cc(Nc3nc(Cl)nc(NCCN4CCN(c5nc(Cl)nc(Nc6cc(S(=O)(=O)O)cc7cc(SOOO)c(N=Nc8ccccc8S(=O)(=O)O)c(O)c67)n5)CC4)n3)c(SOOO)cc2S(=O)(=O)O)c1=O. The number of aromatic nitrogens is 7. The number of carbonyl (C=O) groups excluding carboxylic acids is 1. The first-order valence-electron chi connectivity index (χ1n) is 23.7. The number of piperazine rings is 1. The summed E-state index contributed by atoms with van der Waals surface area (Å²) in [6.07, 6.45) is 0. The molecule has 4 aromatic carbocycles. The molecule has 0 spiro atoms. The van der Waals surface area contributed by atoms with E-state index in [2.05, 4.69) is 85.1 Å². The van der Waals surface area contributed by atoms with Gasteiger partial charge in [0.1, 0.15) is 32.4 Å². The van der Waals surface area contributed by atoms with Crippen molar-refractivity contribution in [1.82, 2.24) is 39.4 Å². The Morgan fingerprint density at radius 3 is 1.97 bits per heavy atom. The molecule has 0 radical (unpaired) electrons. The second-order valence-electron chi connectivity index (χ2n) is 17.3. The number of fused-ring (bicyclic) bond motifs is 1. The third kappa shape index (κ3) is 15.1. The summed E-state index contributed by atoms with van der Waals surface area (Å²) in [5.41, 5.74) is 1.54. The van der Waals surface area contributed by atoms with Crippen LogP contribution in [0.2, 0.25) is 10.6 Å². The van der Waals surface area contributed by atoms with Gasteiger partial charge in [-0.1, -0.05) is 22.2 Å². The second-order valence-corrected chi connectivity index (χ2v) is 23.6. The summed E-state index contributed by atoms with van der Waals surface area (Å²) in [6.45, 7) is 4.63. The van der Waals surface area contributed by atoms with Gasteiger partial charge in [0.05, 0.1) is 50.1 Å². The zero-order valence-electron chi connectivity index (χ0n) is 43.4. The van der Waals surface area contributed by atoms with E-state index in [1.165, 1.54) is 38.1 Å². The summed E-state index contributed by atoms with van der Waals surface area (Å²) in [5, 5.41) is 70.8. The van der Waals surface area contributed by atoms with Crippen molar-refractivity contribution in [3.05, 3.63) is 86.6 Å². The number of aromatic hydroxyl groups is 2. The summed E-state index contributed by atoms with van der Waals surface area (Å²) < 4.78 is 114. The molecule has 0 unspecified atom stereocenters. The minimum Gasteiger partial charge on any atom is -0.505 e. The van der Waals surface area contributed by atoms with Crippen molar-refractivity contribution >= 4 is 152 Å². The smallest absolute Gasteiger partial charge is 0.296 e. The van der Waals surface area contributed by atoms with Crippen LogP contribution in [0.1, 0.15) is 22.8 Å². The van der Waals surface area contributed by atoms with E-state index in [0.29, 0.717) is 32.7 Å². The van der Waals surface area contributed by atoms with Crippen LogP contribution in [-0.4, -0.2) is 144 Å². The standard InChI is InChI=1S/C43H41Cl2N17O19S5/c1-3-62-36(65)30(35(46)64)19(2)32(37(62)66)58-57-24-17-23(26(82-80-78-67)18-29(24)86(75,76)77)48-41-51-38(44)50-40(54-41)47-8-9-60-10-12-61(13-11-60)43-53-39(45)52-42(55-43)49-25-16-21(84(69,70)71)14-20-15-27(83-81-79-68)33(34(63)31(20)25)59-56-22-6-4-5-7-28(22)85(72,73)74/h4-7,14-18,63,65,67-68H,3,8-13H2,1-2H3,(H2,46,64)(H,69,70,71)(H,72,73,74)(H,75,76,77)(H,49,52,53,55)(H2,47,48,50,51,54). The Bertz CT molecular complexity index is 4280. The third-order valence-corrected chi connectivity index (χ3v) is 16.2. The lowest BCUT2D eigenvalue weighted by atomic mass is 10.1. The highest BCUT2D eigenvalue weighted by atomic mass is 35.5. The maximum atomic E-state index is 13.3. The molecule has 3 aromatic heterocycles. The zero-order chi connectivity index (χ0) is 62.4. The zero-order valence-corrected chi connectivity index (χ0v) is 49.0. The van der Waals surface area contributed by atoms with Crippen LogP contribution in [0.25, 0.3) is 10.8 Å². The number of amides is 1. The highest BCUT2D eigenvalue weighted by molar-refractivity contribution is 7.95. The number of carbonyl (C=O) groups is 1. The van der Waals surface area contributed by atoms with Crippen molar-refractivity contribution in [3.63, 3.8) is 0 Å². The first-order chi connectivity index (χ1) is 40.7. The summed E-state index contributed by atoms with van der Waals surface area (Å²) >= 11 is 13.2. The Morgan fingerprint density at radius 2 is 1.33 bits per heavy atom. The minimum absolute atomic E-state index is 0.0557. The molecule has 1 fully saturated rings. The molecule has 36 nitrogen and oxygen atoms in total. The number of hydrogen-bond acceptors (Lipinski definition) is 33. The van der Waals surface area contributed by atoms with E-state index in [0.717, 1.165) is 34.9 Å². The van der Waals surface area contributed by atoms with Gasteiger partial charge in [-0.3, -0.25) is 32.7 Å². The van der Waals surface area contributed by atoms with Crippen molar-refractivity contribution in [2.24, 2.45) is 26.2 Å². The molecular weight excluding hydrogens is 1290 g/mol. The van der Waals surface area contributed by atoms with E-state index in [9.17, 15) is 58.7 Å². The lowest BCUT2D eigenvalue weighted by Crippen LogP contribution is -2.48. The van der Waals surface area contributed by atoms with Gasteiger partial charge in [0.15, 0.2) is 11.4 Å². The lowest BCUT2D eigenvalue weighted by Gasteiger charge is -2.34. The van der Waals surface area contributed by atoms with Gasteiger partial charge in [-0.15, -0.1) is 29.1 Å². The fourth-order valence-corrected chi connectivity index (χ4v) is 11.4. The highest BCUT2D eigenvalue weighted by Crippen LogP contribution is 2.48. The van der Waals surface area contributed by atoms with Crippen LogP contribution < -0.4 is 32.1 Å². The Kier molecular flexibility index (Phi) is 20.1. The Labute approximate surface area is 501 Å². The van der Waals surface area contributed by atoms with Crippen LogP contribution in [-0.2, 0) is 55.6 Å². The highest BCUT2D eigenvalue weighted by Gasteiger charge is 2.28. The van der Waals surface area contributed by atoms with Gasteiger partial charge in [-0.2, -0.15) is 55.2 Å². The average molecular weight is 1330 g/mol. The first kappa shape index (κ1) is 64.3. The normalized spacial score (nSPS) is 13.5. The number of phenols is 1. The van der Waals surface area contributed by atoms with Crippen molar-refractivity contribution < 1.29 is 83.2 Å². The van der Waals surface area contributed by atoms with Crippen molar-refractivity contribution in [2.75, 3.05) is 60.1 Å². The largest absolute Gasteiger partial charge is 0.505 e. The van der Waals surface area contributed by atoms with E-state index in [1.54, 1.807) is 4.90 Å². The van der Waals surface area contributed by atoms with Gasteiger partial charge in [0.2, 0.25) is 40.2 Å². The number of nitrogens with two attached hydrogens (primary N) is 1. The molecule has 0 atom stereocenters. The fourth-order valence-electron chi connectivity index (χ4n) is 8.21. The van der Waals surface area contributed by atoms with Crippen LogP contribution >= 0.6 is 47.3 Å². The molecule has 0 saturated carbocycles. The predicted octanol–water partition coefficient (Wildman–Crippen LogP) is 6.67. The number of nitrogens with zero attached hydrogens (tertiary/aromatic N) is 13. The molecule has 86 heavy (non-hydrogen) atoms. The molecule has 456 valence electrons. The van der Waals surface area contributed by atoms with Gasteiger partial charge >= 0.3 is 0 Å². The summed E-state index contributed by atoms with van der Waals surface area (Å²) in [5.74, 6) is -3.13. The van der Waals surface area contributed by atoms with Gasteiger partial charge in [-0.05, 0) is 84.9 Å². The van der Waals surface area contributed by atoms with Crippen LogP contribution in [0.3, 0.4) is 0 Å². The summed E-state index contributed by atoms with van der Waals surface area (Å²) in [4.78, 5) is 52.0. The van der Waals surface area contributed by atoms with E-state index >= 15 is 0 Å². The van der Waals surface area contributed by atoms with Gasteiger partial charge in [-0.25, -0.2) is 10.5 Å². The average Bonchev–Trinajstić information content (AvgIpc) is 0.872. The number of hydrogen-bond donors (Lipinski definition) is 11. The van der Waals surface area contributed by atoms with Gasteiger partial charge in [0.25, 0.3) is 41.8 Å². The number of primary amides is 1. The molecule has 4 heterocycles. The maximum absolute atomic E-state index is 13.3. The molecule has 1 aliphatic heterocycles. The number of nitrogens with one attached hydrogen (secondary N) is 3. The molecule has 12 N–H and O–H groups in total. The number of anilines is 6. The second kappa shape index (κ2) is 26.9. The number of phenolic OH excluding ortho intramolecular Hbond substituents is 1. The van der Waals surface area contributed by atoms with Gasteiger partial charge in [0, 0.05) is 56.8 Å². The third-order valence-electron chi connectivity index (χ3n) is 12.0. The van der Waals surface area contributed by atoms with E-state index in [1.807, 2.05) is 4.90 Å². The molecule has 43 heteroatoms. The Balaban J connectivity index is 0.987. The van der Waals surface area contributed by atoms with E-state index < -0.39 is 90.8 Å². The summed E-state index contributed by atoms with van der Waals surface area (Å²) in [6, 6.07) is 9.84. The lowest BCUT2D eigenvalue weighted by molar-refractivity contribution is -0.432. The molecule has 1 saturated heterocycles. The molecule has 0 bridgehead atoms. The number of halogens is 2. The maximum Gasteiger partial charge on any atom is 0.296 e. The quantitative estimate of drug-likeness (QED) is 0.00989. The van der Waals surface area contributed by atoms with Crippen molar-refractivity contribution in [2.45, 2.75) is 44.9 Å². The minimum atomic E-state index is -5.14. The van der Waals surface area contributed by atoms with E-state index in [4.69, 9.17) is 39.5 Å². The number of pyridine rings is 1. The topological polar surface area (TPSA) is 515 Å². The number of azo groups is 2. The monoisotopic (exact) mass is 1330 g/mol. The number of rotatable bonds is 24.